The highest BCUT2D eigenvalue weighted by Crippen LogP contribution is 2.29. The molecule has 3 aromatic rings. The summed E-state index contributed by atoms with van der Waals surface area (Å²) < 4.78 is 14.5. The van der Waals surface area contributed by atoms with E-state index in [1.165, 1.54) is 6.07 Å². The molecule has 4 rings (SSSR count). The third-order valence-electron chi connectivity index (χ3n) is 4.77. The second kappa shape index (κ2) is 7.19. The Hall–Kier alpha value is -2.21. The normalized spacial score (nSPS) is 17.5. The molecule has 1 unspecified atom stereocenters. The van der Waals surface area contributed by atoms with Gasteiger partial charge in [0.25, 0.3) is 0 Å². The molecule has 134 valence electrons. The Kier molecular flexibility index (Phi) is 4.76. The van der Waals surface area contributed by atoms with E-state index in [4.69, 9.17) is 0 Å². The Morgan fingerprint density at radius 1 is 1.23 bits per heavy atom. The fraction of sp³-hybridized carbons (Fsp3) is 0.300. The molecule has 1 aliphatic heterocycles. The van der Waals surface area contributed by atoms with Gasteiger partial charge in [-0.2, -0.15) is 0 Å². The number of nitrogens with one attached hydrogen (secondary N) is 1. The lowest BCUT2D eigenvalue weighted by molar-refractivity contribution is 0.528. The highest BCUT2D eigenvalue weighted by molar-refractivity contribution is 9.10. The minimum absolute atomic E-state index is 0.195. The van der Waals surface area contributed by atoms with Crippen molar-refractivity contribution in [3.8, 4) is 0 Å². The molecule has 0 aliphatic carbocycles. The van der Waals surface area contributed by atoms with E-state index in [9.17, 15) is 4.39 Å². The lowest BCUT2D eigenvalue weighted by Crippen LogP contribution is -2.42. The van der Waals surface area contributed by atoms with Crippen molar-refractivity contribution in [3.05, 3.63) is 58.6 Å². The largest absolute Gasteiger partial charge is 0.369 e. The van der Waals surface area contributed by atoms with Crippen LogP contribution in [0.4, 0.5) is 15.9 Å². The Morgan fingerprint density at radius 2 is 2.12 bits per heavy atom. The van der Waals surface area contributed by atoms with E-state index in [0.29, 0.717) is 0 Å². The summed E-state index contributed by atoms with van der Waals surface area (Å²) in [5, 5.41) is 4.60. The van der Waals surface area contributed by atoms with Crippen LogP contribution in [-0.2, 0) is 0 Å². The molecule has 4 nitrogen and oxygen atoms in total. The summed E-state index contributed by atoms with van der Waals surface area (Å²) in [6.45, 7) is 3.83. The van der Waals surface area contributed by atoms with Gasteiger partial charge in [-0.15, -0.1) is 0 Å². The quantitative estimate of drug-likeness (QED) is 0.659. The lowest BCUT2D eigenvalue weighted by Gasteiger charge is -2.35. The summed E-state index contributed by atoms with van der Waals surface area (Å²) in [6, 6.07) is 11.2. The first kappa shape index (κ1) is 17.2. The maximum Gasteiger partial charge on any atom is 0.137 e. The van der Waals surface area contributed by atoms with Gasteiger partial charge in [-0.1, -0.05) is 6.07 Å². The van der Waals surface area contributed by atoms with Gasteiger partial charge in [0.15, 0.2) is 0 Å². The van der Waals surface area contributed by atoms with Crippen LogP contribution in [0.2, 0.25) is 0 Å². The first-order valence-electron chi connectivity index (χ1n) is 8.78. The van der Waals surface area contributed by atoms with Crippen molar-refractivity contribution < 1.29 is 4.39 Å². The molecule has 1 saturated heterocycles. The summed E-state index contributed by atoms with van der Waals surface area (Å²) >= 11 is 3.59. The summed E-state index contributed by atoms with van der Waals surface area (Å²) in [5.41, 5.74) is 3.00. The number of halogens is 2. The van der Waals surface area contributed by atoms with Gasteiger partial charge < -0.3 is 10.2 Å². The summed E-state index contributed by atoms with van der Waals surface area (Å²) in [6.07, 6.45) is 3.71. The average Bonchev–Trinajstić information content (AvgIpc) is 2.63. The van der Waals surface area contributed by atoms with Crippen molar-refractivity contribution >= 4 is 38.3 Å². The first-order valence-corrected chi connectivity index (χ1v) is 9.57. The fourth-order valence-electron chi connectivity index (χ4n) is 3.57. The molecule has 6 heteroatoms. The highest BCUT2D eigenvalue weighted by atomic mass is 79.9. The van der Waals surface area contributed by atoms with Gasteiger partial charge in [0.05, 0.1) is 5.52 Å². The zero-order chi connectivity index (χ0) is 18.1. The van der Waals surface area contributed by atoms with E-state index >= 15 is 0 Å². The summed E-state index contributed by atoms with van der Waals surface area (Å²) in [5.74, 6) is 0.658. The van der Waals surface area contributed by atoms with Crippen molar-refractivity contribution in [1.29, 1.82) is 0 Å². The Balaban J connectivity index is 1.58. The summed E-state index contributed by atoms with van der Waals surface area (Å²) in [7, 11) is 0. The second-order valence-corrected chi connectivity index (χ2v) is 7.63. The number of aryl methyl sites for hydroxylation is 1. The maximum atomic E-state index is 13.6. The van der Waals surface area contributed by atoms with Crippen LogP contribution < -0.4 is 10.2 Å². The SMILES string of the molecule is Cc1cc(Br)c2ncnc(NC3CCCN(c4cccc(F)c4)C3)c2c1. The summed E-state index contributed by atoms with van der Waals surface area (Å²) in [4.78, 5) is 11.1. The van der Waals surface area contributed by atoms with Crippen molar-refractivity contribution in [2.24, 2.45) is 0 Å². The van der Waals surface area contributed by atoms with Crippen LogP contribution in [0.3, 0.4) is 0 Å². The molecule has 0 radical (unpaired) electrons. The van der Waals surface area contributed by atoms with Gasteiger partial charge >= 0.3 is 0 Å². The fourth-order valence-corrected chi connectivity index (χ4v) is 4.25. The lowest BCUT2D eigenvalue weighted by atomic mass is 10.0. The minimum Gasteiger partial charge on any atom is -0.369 e. The number of hydrogen-bond acceptors (Lipinski definition) is 4. The van der Waals surface area contributed by atoms with E-state index < -0.39 is 0 Å². The van der Waals surface area contributed by atoms with E-state index in [-0.39, 0.29) is 11.9 Å². The predicted octanol–water partition coefficient (Wildman–Crippen LogP) is 4.92. The van der Waals surface area contributed by atoms with E-state index in [2.05, 4.69) is 55.2 Å². The van der Waals surface area contributed by atoms with Crippen molar-refractivity contribution in [2.45, 2.75) is 25.8 Å². The van der Waals surface area contributed by atoms with E-state index in [0.717, 1.165) is 58.4 Å². The van der Waals surface area contributed by atoms with Gasteiger partial charge in [-0.25, -0.2) is 14.4 Å². The second-order valence-electron chi connectivity index (χ2n) is 6.77. The van der Waals surface area contributed by atoms with Gasteiger partial charge in [0.2, 0.25) is 0 Å². The Labute approximate surface area is 160 Å². The topological polar surface area (TPSA) is 41.1 Å². The molecule has 1 aliphatic rings. The molecule has 0 saturated carbocycles. The number of benzene rings is 2. The number of hydrogen-bond donors (Lipinski definition) is 1. The van der Waals surface area contributed by atoms with Crippen molar-refractivity contribution in [1.82, 2.24) is 9.97 Å². The van der Waals surface area contributed by atoms with Crippen LogP contribution >= 0.6 is 15.9 Å². The number of nitrogens with zero attached hydrogens (tertiary/aromatic N) is 3. The zero-order valence-corrected chi connectivity index (χ0v) is 16.1. The highest BCUT2D eigenvalue weighted by Gasteiger charge is 2.21. The van der Waals surface area contributed by atoms with E-state index in [1.54, 1.807) is 18.5 Å². The van der Waals surface area contributed by atoms with E-state index in [1.807, 2.05) is 6.07 Å². The number of fused-ring (bicyclic) bond motifs is 1. The number of rotatable bonds is 3. The number of anilines is 2. The molecule has 1 atom stereocenters. The van der Waals surface area contributed by atoms with Crippen LogP contribution in [-0.4, -0.2) is 29.1 Å². The molecule has 0 amide bonds. The van der Waals surface area contributed by atoms with Crippen LogP contribution in [0.25, 0.3) is 10.9 Å². The smallest absolute Gasteiger partial charge is 0.137 e. The van der Waals surface area contributed by atoms with Crippen LogP contribution in [0.1, 0.15) is 18.4 Å². The van der Waals surface area contributed by atoms with Crippen LogP contribution in [0.15, 0.2) is 47.2 Å². The molecule has 1 fully saturated rings. The molecule has 1 aromatic heterocycles. The molecule has 0 bridgehead atoms. The van der Waals surface area contributed by atoms with Gasteiger partial charge in [-0.3, -0.25) is 0 Å². The van der Waals surface area contributed by atoms with Crippen LogP contribution in [0.5, 0.6) is 0 Å². The maximum absolute atomic E-state index is 13.6. The van der Waals surface area contributed by atoms with Crippen LogP contribution in [0, 0.1) is 12.7 Å². The zero-order valence-electron chi connectivity index (χ0n) is 14.5. The molecule has 1 N–H and O–H groups in total. The van der Waals surface area contributed by atoms with Gasteiger partial charge in [-0.05, 0) is 71.6 Å². The molecule has 26 heavy (non-hydrogen) atoms. The van der Waals surface area contributed by atoms with Crippen molar-refractivity contribution in [3.63, 3.8) is 0 Å². The number of piperidine rings is 1. The Bertz CT molecular complexity index is 946. The minimum atomic E-state index is -0.195. The molecular weight excluding hydrogens is 395 g/mol. The molecular formula is C20H20BrFN4. The standard InChI is InChI=1S/C20H20BrFN4/c1-13-8-17-19(18(21)9-13)23-12-24-20(17)25-15-5-3-7-26(11-15)16-6-2-4-14(22)10-16/h2,4,6,8-10,12,15H,3,5,7,11H2,1H3,(H,23,24,25). The van der Waals surface area contributed by atoms with Gasteiger partial charge in [0.1, 0.15) is 18.0 Å². The third-order valence-corrected chi connectivity index (χ3v) is 5.38. The average molecular weight is 415 g/mol. The third kappa shape index (κ3) is 3.51. The van der Waals surface area contributed by atoms with Gasteiger partial charge in [0, 0.05) is 34.7 Å². The molecule has 0 spiro atoms. The predicted molar refractivity (Wildman–Crippen MR) is 107 cm³/mol. The number of aromatic nitrogens is 2. The van der Waals surface area contributed by atoms with Crippen molar-refractivity contribution in [2.75, 3.05) is 23.3 Å². The first-order chi connectivity index (χ1) is 12.6. The molecule has 2 aromatic carbocycles. The molecule has 2 heterocycles. The monoisotopic (exact) mass is 414 g/mol. The Morgan fingerprint density at radius 3 is 2.96 bits per heavy atom.